The summed E-state index contributed by atoms with van der Waals surface area (Å²) >= 11 is 3.40. The van der Waals surface area contributed by atoms with E-state index in [0.717, 1.165) is 35.8 Å². The third kappa shape index (κ3) is 4.26. The standard InChI is InChI=1S/C15H21BrFNO/c1-10(14-6-5-12(17)8-15(14)16)18-9-11-3-2-4-13(19)7-11/h5-6,8,10-11,13,18-19H,2-4,7,9H2,1H3. The van der Waals surface area contributed by atoms with Gasteiger partial charge in [-0.15, -0.1) is 0 Å². The van der Waals surface area contributed by atoms with Crippen LogP contribution in [0.5, 0.6) is 0 Å². The highest BCUT2D eigenvalue weighted by molar-refractivity contribution is 9.10. The number of rotatable bonds is 4. The van der Waals surface area contributed by atoms with Gasteiger partial charge < -0.3 is 10.4 Å². The van der Waals surface area contributed by atoms with Crippen molar-refractivity contribution in [3.05, 3.63) is 34.1 Å². The average Bonchev–Trinajstić information content (AvgIpc) is 2.36. The van der Waals surface area contributed by atoms with E-state index >= 15 is 0 Å². The number of nitrogens with one attached hydrogen (secondary N) is 1. The molecule has 4 heteroatoms. The van der Waals surface area contributed by atoms with Gasteiger partial charge in [-0.1, -0.05) is 28.4 Å². The first-order chi connectivity index (χ1) is 9.06. The van der Waals surface area contributed by atoms with Crippen LogP contribution in [0.3, 0.4) is 0 Å². The molecule has 2 rings (SSSR count). The highest BCUT2D eigenvalue weighted by Gasteiger charge is 2.20. The number of aliphatic hydroxyl groups is 1. The van der Waals surface area contributed by atoms with Crippen molar-refractivity contribution in [1.82, 2.24) is 5.32 Å². The highest BCUT2D eigenvalue weighted by Crippen LogP contribution is 2.27. The molecule has 1 aromatic carbocycles. The Hall–Kier alpha value is -0.450. The van der Waals surface area contributed by atoms with Crippen LogP contribution in [0, 0.1) is 11.7 Å². The number of halogens is 2. The monoisotopic (exact) mass is 329 g/mol. The lowest BCUT2D eigenvalue weighted by atomic mass is 9.87. The van der Waals surface area contributed by atoms with Crippen LogP contribution in [0.4, 0.5) is 4.39 Å². The molecule has 0 amide bonds. The second-order valence-corrected chi connectivity index (χ2v) is 6.34. The fourth-order valence-corrected chi connectivity index (χ4v) is 3.45. The van der Waals surface area contributed by atoms with Crippen LogP contribution in [0.25, 0.3) is 0 Å². The lowest BCUT2D eigenvalue weighted by Gasteiger charge is -2.27. The van der Waals surface area contributed by atoms with Crippen LogP contribution >= 0.6 is 15.9 Å². The number of benzene rings is 1. The molecule has 1 aromatic rings. The minimum absolute atomic E-state index is 0.131. The summed E-state index contributed by atoms with van der Waals surface area (Å²) in [6.45, 7) is 2.99. The molecule has 19 heavy (non-hydrogen) atoms. The van der Waals surface area contributed by atoms with Gasteiger partial charge in [-0.05, 0) is 56.3 Å². The van der Waals surface area contributed by atoms with Crippen molar-refractivity contribution in [3.63, 3.8) is 0 Å². The molecule has 1 aliphatic rings. The Morgan fingerprint density at radius 3 is 2.95 bits per heavy atom. The molecule has 0 aliphatic heterocycles. The third-order valence-corrected chi connectivity index (χ3v) is 4.58. The maximum atomic E-state index is 13.1. The molecule has 1 aliphatic carbocycles. The third-order valence-electron chi connectivity index (χ3n) is 3.90. The second-order valence-electron chi connectivity index (χ2n) is 5.48. The summed E-state index contributed by atoms with van der Waals surface area (Å²) in [7, 11) is 0. The van der Waals surface area contributed by atoms with Crippen molar-refractivity contribution in [1.29, 1.82) is 0 Å². The summed E-state index contributed by atoms with van der Waals surface area (Å²) < 4.78 is 13.9. The minimum atomic E-state index is -0.224. The van der Waals surface area contributed by atoms with E-state index in [-0.39, 0.29) is 18.0 Å². The Kier molecular flexibility index (Phi) is 5.37. The Labute approximate surface area is 122 Å². The van der Waals surface area contributed by atoms with Gasteiger partial charge in [0.1, 0.15) is 5.82 Å². The molecule has 1 saturated carbocycles. The Morgan fingerprint density at radius 1 is 1.47 bits per heavy atom. The zero-order valence-electron chi connectivity index (χ0n) is 11.2. The van der Waals surface area contributed by atoms with Gasteiger partial charge in [0.05, 0.1) is 6.10 Å². The van der Waals surface area contributed by atoms with E-state index in [2.05, 4.69) is 28.2 Å². The molecule has 0 aromatic heterocycles. The Morgan fingerprint density at radius 2 is 2.26 bits per heavy atom. The maximum Gasteiger partial charge on any atom is 0.124 e. The molecular weight excluding hydrogens is 309 g/mol. The first-order valence-electron chi connectivity index (χ1n) is 6.92. The van der Waals surface area contributed by atoms with Crippen molar-refractivity contribution < 1.29 is 9.50 Å². The van der Waals surface area contributed by atoms with E-state index in [1.54, 1.807) is 0 Å². The number of hydrogen-bond acceptors (Lipinski definition) is 2. The summed E-state index contributed by atoms with van der Waals surface area (Å²) in [6, 6.07) is 4.97. The number of aliphatic hydroxyl groups excluding tert-OH is 1. The van der Waals surface area contributed by atoms with Crippen LogP contribution < -0.4 is 5.32 Å². The van der Waals surface area contributed by atoms with Gasteiger partial charge in [0.15, 0.2) is 0 Å². The zero-order valence-corrected chi connectivity index (χ0v) is 12.8. The van der Waals surface area contributed by atoms with Crippen LogP contribution in [0.1, 0.15) is 44.2 Å². The molecular formula is C15H21BrFNO. The van der Waals surface area contributed by atoms with Gasteiger partial charge in [0.25, 0.3) is 0 Å². The Bertz CT molecular complexity index is 427. The lowest BCUT2D eigenvalue weighted by Crippen LogP contribution is -2.30. The molecule has 2 N–H and O–H groups in total. The van der Waals surface area contributed by atoms with E-state index in [9.17, 15) is 9.50 Å². The molecule has 106 valence electrons. The van der Waals surface area contributed by atoms with Gasteiger partial charge in [-0.25, -0.2) is 4.39 Å². The normalized spacial score (nSPS) is 25.3. The maximum absolute atomic E-state index is 13.1. The molecule has 0 heterocycles. The second kappa shape index (κ2) is 6.82. The summed E-state index contributed by atoms with van der Waals surface area (Å²) in [5.74, 6) is 0.323. The predicted molar refractivity (Wildman–Crippen MR) is 78.5 cm³/mol. The molecule has 3 atom stereocenters. The fraction of sp³-hybridized carbons (Fsp3) is 0.600. The highest BCUT2D eigenvalue weighted by atomic mass is 79.9. The van der Waals surface area contributed by atoms with Gasteiger partial charge in [-0.2, -0.15) is 0 Å². The largest absolute Gasteiger partial charge is 0.393 e. The first kappa shape index (κ1) is 14.9. The van der Waals surface area contributed by atoms with Gasteiger partial charge in [-0.3, -0.25) is 0 Å². The van der Waals surface area contributed by atoms with E-state index < -0.39 is 0 Å². The van der Waals surface area contributed by atoms with Crippen molar-refractivity contribution in [3.8, 4) is 0 Å². The van der Waals surface area contributed by atoms with E-state index in [1.807, 2.05) is 6.07 Å². The molecule has 1 fully saturated rings. The van der Waals surface area contributed by atoms with E-state index in [1.165, 1.54) is 18.6 Å². The molecule has 2 nitrogen and oxygen atoms in total. The van der Waals surface area contributed by atoms with Crippen molar-refractivity contribution >= 4 is 15.9 Å². The smallest absolute Gasteiger partial charge is 0.124 e. The van der Waals surface area contributed by atoms with Gasteiger partial charge in [0.2, 0.25) is 0 Å². The van der Waals surface area contributed by atoms with Crippen molar-refractivity contribution in [2.45, 2.75) is 44.8 Å². The summed E-state index contributed by atoms with van der Waals surface area (Å²) in [6.07, 6.45) is 4.00. The average molecular weight is 330 g/mol. The summed E-state index contributed by atoms with van der Waals surface area (Å²) in [5.41, 5.74) is 1.07. The molecule has 0 bridgehead atoms. The van der Waals surface area contributed by atoms with Crippen LogP contribution in [0.15, 0.2) is 22.7 Å². The van der Waals surface area contributed by atoms with E-state index in [4.69, 9.17) is 0 Å². The number of hydrogen-bond donors (Lipinski definition) is 2. The zero-order chi connectivity index (χ0) is 13.8. The molecule has 0 spiro atoms. The van der Waals surface area contributed by atoms with Crippen LogP contribution in [-0.4, -0.2) is 17.8 Å². The SMILES string of the molecule is CC(NCC1CCCC(O)C1)c1ccc(F)cc1Br. The van der Waals surface area contributed by atoms with E-state index in [0.29, 0.717) is 5.92 Å². The molecule has 0 saturated heterocycles. The van der Waals surface area contributed by atoms with Crippen LogP contribution in [0.2, 0.25) is 0 Å². The van der Waals surface area contributed by atoms with Crippen molar-refractivity contribution in [2.75, 3.05) is 6.54 Å². The van der Waals surface area contributed by atoms with Crippen LogP contribution in [-0.2, 0) is 0 Å². The van der Waals surface area contributed by atoms with Gasteiger partial charge >= 0.3 is 0 Å². The predicted octanol–water partition coefficient (Wildman–Crippen LogP) is 3.79. The summed E-state index contributed by atoms with van der Waals surface area (Å²) in [5, 5.41) is 13.1. The van der Waals surface area contributed by atoms with Gasteiger partial charge in [0, 0.05) is 10.5 Å². The van der Waals surface area contributed by atoms with Crippen molar-refractivity contribution in [2.24, 2.45) is 5.92 Å². The minimum Gasteiger partial charge on any atom is -0.393 e. The molecule has 3 unspecified atom stereocenters. The fourth-order valence-electron chi connectivity index (χ4n) is 2.75. The summed E-state index contributed by atoms with van der Waals surface area (Å²) in [4.78, 5) is 0. The first-order valence-corrected chi connectivity index (χ1v) is 7.72. The topological polar surface area (TPSA) is 32.3 Å². The Balaban J connectivity index is 1.88. The quantitative estimate of drug-likeness (QED) is 0.880. The molecule has 0 radical (unpaired) electrons. The lowest BCUT2D eigenvalue weighted by molar-refractivity contribution is 0.0998.